The Bertz CT molecular complexity index is 639. The minimum absolute atomic E-state index is 0.0449. The summed E-state index contributed by atoms with van der Waals surface area (Å²) < 4.78 is 11.2. The Labute approximate surface area is 134 Å². The van der Waals surface area contributed by atoms with Crippen molar-refractivity contribution in [3.8, 4) is 11.5 Å². The summed E-state index contributed by atoms with van der Waals surface area (Å²) in [5.74, 6) is 1.27. The van der Waals surface area contributed by atoms with E-state index in [4.69, 9.17) is 9.47 Å². The number of fused-ring (bicyclic) bond motifs is 1. The van der Waals surface area contributed by atoms with Crippen LogP contribution in [0.2, 0.25) is 0 Å². The summed E-state index contributed by atoms with van der Waals surface area (Å²) in [5.41, 5.74) is 0.597. The van der Waals surface area contributed by atoms with E-state index in [1.54, 1.807) is 23.5 Å². The van der Waals surface area contributed by atoms with Gasteiger partial charge in [0.15, 0.2) is 11.5 Å². The molecule has 0 bridgehead atoms. The van der Waals surface area contributed by atoms with Gasteiger partial charge in [0.05, 0.1) is 19.3 Å². The van der Waals surface area contributed by atoms with Gasteiger partial charge in [0.25, 0.3) is 5.91 Å². The molecule has 116 valence electrons. The molecule has 0 saturated heterocycles. The molecule has 0 saturated carbocycles. The zero-order valence-corrected chi connectivity index (χ0v) is 13.3. The van der Waals surface area contributed by atoms with Crippen LogP contribution in [-0.2, 0) is 0 Å². The van der Waals surface area contributed by atoms with E-state index in [1.165, 1.54) is 4.88 Å². The average molecular weight is 317 g/mol. The van der Waals surface area contributed by atoms with Gasteiger partial charge in [-0.25, -0.2) is 0 Å². The molecule has 1 N–H and O–H groups in total. The van der Waals surface area contributed by atoms with Crippen LogP contribution in [0.5, 0.6) is 11.5 Å². The number of amides is 1. The van der Waals surface area contributed by atoms with Gasteiger partial charge >= 0.3 is 0 Å². The standard InChI is InChI=1S/C17H19NO3S/c1-2-13(16-5-3-10-22-16)18-17(19)12-6-7-14-15(11-12)21-9-4-8-20-14/h3,5-7,10-11,13H,2,4,8-9H2,1H3,(H,18,19)/t13-/m1/s1. The smallest absolute Gasteiger partial charge is 0.251 e. The molecule has 0 spiro atoms. The highest BCUT2D eigenvalue weighted by molar-refractivity contribution is 7.10. The summed E-state index contributed by atoms with van der Waals surface area (Å²) in [6.45, 7) is 3.33. The minimum Gasteiger partial charge on any atom is -0.490 e. The lowest BCUT2D eigenvalue weighted by molar-refractivity contribution is 0.0936. The van der Waals surface area contributed by atoms with Gasteiger partial charge in [-0.1, -0.05) is 13.0 Å². The zero-order chi connectivity index (χ0) is 15.4. The quantitative estimate of drug-likeness (QED) is 0.933. The van der Waals surface area contributed by atoms with E-state index in [2.05, 4.69) is 12.2 Å². The third-order valence-electron chi connectivity index (χ3n) is 3.61. The minimum atomic E-state index is -0.0871. The van der Waals surface area contributed by atoms with Gasteiger partial charge in [-0.15, -0.1) is 11.3 Å². The van der Waals surface area contributed by atoms with Gasteiger partial charge in [0.2, 0.25) is 0 Å². The molecule has 0 unspecified atom stereocenters. The molecular formula is C17H19NO3S. The van der Waals surface area contributed by atoms with Gasteiger partial charge in [-0.05, 0) is 36.1 Å². The van der Waals surface area contributed by atoms with Crippen LogP contribution >= 0.6 is 11.3 Å². The van der Waals surface area contributed by atoms with Crippen LogP contribution in [0.1, 0.15) is 41.0 Å². The Balaban J connectivity index is 1.76. The van der Waals surface area contributed by atoms with Gasteiger partial charge in [0.1, 0.15) is 0 Å². The average Bonchev–Trinajstić information content (AvgIpc) is 2.97. The van der Waals surface area contributed by atoms with Crippen molar-refractivity contribution in [3.05, 3.63) is 46.2 Å². The number of hydrogen-bond acceptors (Lipinski definition) is 4. The fourth-order valence-electron chi connectivity index (χ4n) is 2.41. The van der Waals surface area contributed by atoms with Gasteiger partial charge in [-0.2, -0.15) is 0 Å². The molecule has 1 aliphatic heterocycles. The third-order valence-corrected chi connectivity index (χ3v) is 4.60. The van der Waals surface area contributed by atoms with E-state index >= 15 is 0 Å². The predicted octanol–water partition coefficient (Wildman–Crippen LogP) is 3.79. The molecule has 1 aliphatic rings. The number of carbonyl (C=O) groups excluding carboxylic acids is 1. The van der Waals surface area contributed by atoms with Crippen LogP contribution < -0.4 is 14.8 Å². The number of rotatable bonds is 4. The van der Waals surface area contributed by atoms with Crippen molar-refractivity contribution < 1.29 is 14.3 Å². The highest BCUT2D eigenvalue weighted by Gasteiger charge is 2.17. The number of nitrogens with one attached hydrogen (secondary N) is 1. The second-order valence-corrected chi connectivity index (χ2v) is 6.14. The van der Waals surface area contributed by atoms with E-state index in [1.807, 2.05) is 23.6 Å². The van der Waals surface area contributed by atoms with Crippen molar-refractivity contribution in [2.45, 2.75) is 25.8 Å². The van der Waals surface area contributed by atoms with Crippen molar-refractivity contribution >= 4 is 17.2 Å². The number of hydrogen-bond donors (Lipinski definition) is 1. The monoisotopic (exact) mass is 317 g/mol. The molecule has 2 aromatic rings. The second-order valence-electron chi connectivity index (χ2n) is 5.16. The SMILES string of the molecule is CC[C@@H](NC(=O)c1ccc2c(c1)OCCCO2)c1cccs1. The Morgan fingerprint density at radius 1 is 1.27 bits per heavy atom. The van der Waals surface area contributed by atoms with Crippen LogP contribution in [-0.4, -0.2) is 19.1 Å². The molecule has 5 heteroatoms. The van der Waals surface area contributed by atoms with Crippen LogP contribution in [0.15, 0.2) is 35.7 Å². The molecule has 0 radical (unpaired) electrons. The van der Waals surface area contributed by atoms with Crippen LogP contribution in [0.25, 0.3) is 0 Å². The van der Waals surface area contributed by atoms with Crippen LogP contribution in [0.3, 0.4) is 0 Å². The van der Waals surface area contributed by atoms with Crippen molar-refractivity contribution in [2.24, 2.45) is 0 Å². The first kappa shape index (κ1) is 14.9. The van der Waals surface area contributed by atoms with Crippen molar-refractivity contribution in [3.63, 3.8) is 0 Å². The lowest BCUT2D eigenvalue weighted by atomic mass is 10.1. The molecular weight excluding hydrogens is 298 g/mol. The Kier molecular flexibility index (Phi) is 4.63. The lowest BCUT2D eigenvalue weighted by Gasteiger charge is -2.16. The summed E-state index contributed by atoms with van der Waals surface area (Å²) in [4.78, 5) is 13.6. The first-order valence-electron chi connectivity index (χ1n) is 7.52. The molecule has 1 aromatic carbocycles. The Morgan fingerprint density at radius 3 is 2.82 bits per heavy atom. The number of thiophene rings is 1. The summed E-state index contributed by atoms with van der Waals surface area (Å²) in [6, 6.07) is 9.45. The van der Waals surface area contributed by atoms with Gasteiger partial charge in [-0.3, -0.25) is 4.79 Å². The van der Waals surface area contributed by atoms with Gasteiger partial charge in [0, 0.05) is 16.9 Å². The maximum absolute atomic E-state index is 12.5. The highest BCUT2D eigenvalue weighted by atomic mass is 32.1. The van der Waals surface area contributed by atoms with Crippen molar-refractivity contribution in [1.82, 2.24) is 5.32 Å². The molecule has 1 amide bonds. The number of ether oxygens (including phenoxy) is 2. The Morgan fingerprint density at radius 2 is 2.09 bits per heavy atom. The molecule has 0 aliphatic carbocycles. The fourth-order valence-corrected chi connectivity index (χ4v) is 3.27. The largest absolute Gasteiger partial charge is 0.490 e. The third kappa shape index (κ3) is 3.25. The molecule has 1 atom stereocenters. The Hall–Kier alpha value is -2.01. The second kappa shape index (κ2) is 6.83. The summed E-state index contributed by atoms with van der Waals surface area (Å²) in [7, 11) is 0. The van der Waals surface area contributed by atoms with E-state index in [9.17, 15) is 4.79 Å². The summed E-state index contributed by atoms with van der Waals surface area (Å²) >= 11 is 1.66. The fraction of sp³-hybridized carbons (Fsp3) is 0.353. The molecule has 2 heterocycles. The van der Waals surface area contributed by atoms with Crippen LogP contribution in [0, 0.1) is 0 Å². The molecule has 1 aromatic heterocycles. The summed E-state index contributed by atoms with van der Waals surface area (Å²) in [6.07, 6.45) is 1.71. The van der Waals surface area contributed by atoms with Crippen molar-refractivity contribution in [1.29, 1.82) is 0 Å². The normalized spacial score (nSPS) is 15.0. The topological polar surface area (TPSA) is 47.6 Å². The molecule has 22 heavy (non-hydrogen) atoms. The number of benzene rings is 1. The number of carbonyl (C=O) groups is 1. The molecule has 0 fully saturated rings. The lowest BCUT2D eigenvalue weighted by Crippen LogP contribution is -2.27. The maximum Gasteiger partial charge on any atom is 0.251 e. The van der Waals surface area contributed by atoms with E-state index in [0.29, 0.717) is 30.3 Å². The first-order chi connectivity index (χ1) is 10.8. The van der Waals surface area contributed by atoms with Gasteiger partial charge < -0.3 is 14.8 Å². The van der Waals surface area contributed by atoms with E-state index in [-0.39, 0.29) is 11.9 Å². The van der Waals surface area contributed by atoms with Crippen LogP contribution in [0.4, 0.5) is 0 Å². The highest BCUT2D eigenvalue weighted by Crippen LogP contribution is 2.31. The zero-order valence-electron chi connectivity index (χ0n) is 12.5. The molecule has 3 rings (SSSR count). The maximum atomic E-state index is 12.5. The first-order valence-corrected chi connectivity index (χ1v) is 8.40. The summed E-state index contributed by atoms with van der Waals surface area (Å²) in [5, 5.41) is 5.11. The molecule has 4 nitrogen and oxygen atoms in total. The van der Waals surface area contributed by atoms with E-state index in [0.717, 1.165) is 12.8 Å². The van der Waals surface area contributed by atoms with Crippen molar-refractivity contribution in [2.75, 3.05) is 13.2 Å². The predicted molar refractivity (Wildman–Crippen MR) is 86.9 cm³/mol. The van der Waals surface area contributed by atoms with E-state index < -0.39 is 0 Å².